The fraction of sp³-hybridized carbons (Fsp3) is 0.923. The maximum Gasteiger partial charge on any atom is 0.220 e. The molecule has 1 amide bonds. The third kappa shape index (κ3) is 7.63. The van der Waals surface area contributed by atoms with E-state index in [0.29, 0.717) is 31.3 Å². The van der Waals surface area contributed by atoms with E-state index in [-0.39, 0.29) is 12.2 Å². The summed E-state index contributed by atoms with van der Waals surface area (Å²) < 4.78 is 10.00. The van der Waals surface area contributed by atoms with Gasteiger partial charge in [-0.3, -0.25) is 4.79 Å². The summed E-state index contributed by atoms with van der Waals surface area (Å²) in [4.78, 5) is 11.7. The fourth-order valence-corrected chi connectivity index (χ4v) is 1.89. The van der Waals surface area contributed by atoms with E-state index in [1.807, 2.05) is 0 Å². The van der Waals surface area contributed by atoms with Crippen LogP contribution in [0.4, 0.5) is 0 Å². The first-order valence-electron chi connectivity index (χ1n) is 6.57. The average Bonchev–Trinajstić information content (AvgIpc) is 2.35. The summed E-state index contributed by atoms with van der Waals surface area (Å²) in [6, 6.07) is 0. The highest BCUT2D eigenvalue weighted by molar-refractivity contribution is 5.75. The quantitative estimate of drug-likeness (QED) is 0.577. The van der Waals surface area contributed by atoms with Crippen LogP contribution in [0.1, 0.15) is 33.1 Å². The Morgan fingerprint density at radius 3 is 2.28 bits per heavy atom. The van der Waals surface area contributed by atoms with Crippen molar-refractivity contribution < 1.29 is 14.3 Å². The second-order valence-electron chi connectivity index (χ2n) is 4.83. The maximum absolute atomic E-state index is 11.7. The minimum Gasteiger partial charge on any atom is -0.354 e. The Labute approximate surface area is 110 Å². The molecule has 1 atom stereocenters. The van der Waals surface area contributed by atoms with Crippen LogP contribution in [-0.2, 0) is 14.3 Å². The molecule has 0 aromatic rings. The van der Waals surface area contributed by atoms with Crippen molar-refractivity contribution in [2.75, 3.05) is 27.3 Å². The summed E-state index contributed by atoms with van der Waals surface area (Å²) in [5.41, 5.74) is 5.57. The van der Waals surface area contributed by atoms with Crippen molar-refractivity contribution in [1.82, 2.24) is 5.32 Å². The van der Waals surface area contributed by atoms with E-state index in [4.69, 9.17) is 15.2 Å². The molecule has 18 heavy (non-hydrogen) atoms. The molecule has 0 aliphatic carbocycles. The fourth-order valence-electron chi connectivity index (χ4n) is 1.89. The minimum absolute atomic E-state index is 0.0387. The monoisotopic (exact) mass is 260 g/mol. The lowest BCUT2D eigenvalue weighted by atomic mass is 9.88. The van der Waals surface area contributed by atoms with Crippen LogP contribution in [0.2, 0.25) is 0 Å². The zero-order chi connectivity index (χ0) is 14.0. The molecule has 0 aromatic carbocycles. The Morgan fingerprint density at radius 1 is 1.22 bits per heavy atom. The highest BCUT2D eigenvalue weighted by Gasteiger charge is 2.15. The summed E-state index contributed by atoms with van der Waals surface area (Å²) in [6.07, 6.45) is 2.01. The normalized spacial score (nSPS) is 13.1. The first-order chi connectivity index (χ1) is 8.54. The minimum atomic E-state index is -0.376. The molecule has 0 aliphatic heterocycles. The van der Waals surface area contributed by atoms with Crippen molar-refractivity contribution in [3.05, 3.63) is 0 Å². The molecule has 0 radical (unpaired) electrons. The zero-order valence-electron chi connectivity index (χ0n) is 12.1. The summed E-state index contributed by atoms with van der Waals surface area (Å²) in [6.45, 7) is 5.41. The molecule has 1 unspecified atom stereocenters. The van der Waals surface area contributed by atoms with Crippen LogP contribution in [0.15, 0.2) is 0 Å². The van der Waals surface area contributed by atoms with Gasteiger partial charge in [0.1, 0.15) is 0 Å². The van der Waals surface area contributed by atoms with Crippen LogP contribution in [0.5, 0.6) is 0 Å². The highest BCUT2D eigenvalue weighted by Crippen LogP contribution is 2.20. The molecular weight excluding hydrogens is 232 g/mol. The first kappa shape index (κ1) is 17.4. The summed E-state index contributed by atoms with van der Waals surface area (Å²) in [7, 11) is 3.10. The second kappa shape index (κ2) is 10.3. The molecule has 0 saturated carbocycles. The van der Waals surface area contributed by atoms with Crippen molar-refractivity contribution in [3.63, 3.8) is 0 Å². The van der Waals surface area contributed by atoms with Gasteiger partial charge >= 0.3 is 0 Å². The Balaban J connectivity index is 3.86. The number of hydrogen-bond donors (Lipinski definition) is 2. The van der Waals surface area contributed by atoms with Gasteiger partial charge in [0.15, 0.2) is 6.29 Å². The molecule has 5 nitrogen and oxygen atoms in total. The molecule has 0 heterocycles. The van der Waals surface area contributed by atoms with Crippen molar-refractivity contribution in [3.8, 4) is 0 Å². The predicted molar refractivity (Wildman–Crippen MR) is 72.0 cm³/mol. The summed E-state index contributed by atoms with van der Waals surface area (Å²) >= 11 is 0. The molecule has 0 spiro atoms. The number of rotatable bonds is 10. The van der Waals surface area contributed by atoms with Crippen LogP contribution >= 0.6 is 0 Å². The van der Waals surface area contributed by atoms with E-state index in [9.17, 15) is 4.79 Å². The van der Waals surface area contributed by atoms with Gasteiger partial charge in [-0.1, -0.05) is 13.8 Å². The molecule has 5 heteroatoms. The molecule has 0 aromatic heterocycles. The Kier molecular flexibility index (Phi) is 9.92. The van der Waals surface area contributed by atoms with E-state index in [2.05, 4.69) is 19.2 Å². The van der Waals surface area contributed by atoms with E-state index >= 15 is 0 Å². The molecule has 0 rings (SSSR count). The summed E-state index contributed by atoms with van der Waals surface area (Å²) in [5.74, 6) is 1.12. The van der Waals surface area contributed by atoms with E-state index in [0.717, 1.165) is 12.8 Å². The third-order valence-electron chi connectivity index (χ3n) is 3.21. The SMILES string of the molecule is COC(CNC(=O)CCC(CCN)C(C)C)OC. The van der Waals surface area contributed by atoms with Crippen LogP contribution in [0.25, 0.3) is 0 Å². The Morgan fingerprint density at radius 2 is 1.83 bits per heavy atom. The van der Waals surface area contributed by atoms with E-state index in [1.54, 1.807) is 14.2 Å². The van der Waals surface area contributed by atoms with Gasteiger partial charge in [0.25, 0.3) is 0 Å². The molecule has 0 saturated heterocycles. The van der Waals surface area contributed by atoms with Gasteiger partial charge in [-0.15, -0.1) is 0 Å². The number of carbonyl (C=O) groups is 1. The number of nitrogens with one attached hydrogen (secondary N) is 1. The molecule has 0 aliphatic rings. The summed E-state index contributed by atoms with van der Waals surface area (Å²) in [5, 5.41) is 2.80. The van der Waals surface area contributed by atoms with Crippen molar-refractivity contribution in [2.24, 2.45) is 17.6 Å². The van der Waals surface area contributed by atoms with Crippen molar-refractivity contribution in [2.45, 2.75) is 39.4 Å². The van der Waals surface area contributed by atoms with Gasteiger partial charge in [0.2, 0.25) is 5.91 Å². The topological polar surface area (TPSA) is 73.6 Å². The number of amides is 1. The van der Waals surface area contributed by atoms with Gasteiger partial charge in [-0.25, -0.2) is 0 Å². The van der Waals surface area contributed by atoms with E-state index in [1.165, 1.54) is 0 Å². The average molecular weight is 260 g/mol. The standard InChI is InChI=1S/C13H28N2O3/c1-10(2)11(7-8-14)5-6-12(16)15-9-13(17-3)18-4/h10-11,13H,5-9,14H2,1-4H3,(H,15,16). The smallest absolute Gasteiger partial charge is 0.220 e. The van der Waals surface area contributed by atoms with Gasteiger partial charge in [-0.2, -0.15) is 0 Å². The Bertz CT molecular complexity index is 218. The number of hydrogen-bond acceptors (Lipinski definition) is 4. The maximum atomic E-state index is 11.7. The molecule has 0 bridgehead atoms. The van der Waals surface area contributed by atoms with Crippen molar-refractivity contribution in [1.29, 1.82) is 0 Å². The Hall–Kier alpha value is -0.650. The number of carbonyl (C=O) groups excluding carboxylic acids is 1. The molecular formula is C13H28N2O3. The van der Waals surface area contributed by atoms with Gasteiger partial charge < -0.3 is 20.5 Å². The largest absolute Gasteiger partial charge is 0.354 e. The highest BCUT2D eigenvalue weighted by atomic mass is 16.7. The van der Waals surface area contributed by atoms with Crippen LogP contribution < -0.4 is 11.1 Å². The van der Waals surface area contributed by atoms with E-state index < -0.39 is 0 Å². The van der Waals surface area contributed by atoms with Gasteiger partial charge in [0, 0.05) is 20.6 Å². The third-order valence-corrected chi connectivity index (χ3v) is 3.21. The molecule has 108 valence electrons. The van der Waals surface area contributed by atoms with Gasteiger partial charge in [-0.05, 0) is 31.2 Å². The van der Waals surface area contributed by atoms with Crippen LogP contribution in [-0.4, -0.2) is 39.5 Å². The lowest BCUT2D eigenvalue weighted by Crippen LogP contribution is -2.34. The number of methoxy groups -OCH3 is 2. The van der Waals surface area contributed by atoms with Gasteiger partial charge in [0.05, 0.1) is 6.54 Å². The molecule has 3 N–H and O–H groups in total. The number of nitrogens with two attached hydrogens (primary N) is 1. The molecule has 0 fully saturated rings. The van der Waals surface area contributed by atoms with Crippen molar-refractivity contribution >= 4 is 5.91 Å². The second-order valence-corrected chi connectivity index (χ2v) is 4.83. The van der Waals surface area contributed by atoms with Crippen LogP contribution in [0, 0.1) is 11.8 Å². The van der Waals surface area contributed by atoms with Crippen LogP contribution in [0.3, 0.4) is 0 Å². The lowest BCUT2D eigenvalue weighted by Gasteiger charge is -2.20. The number of ether oxygens (including phenoxy) is 2. The predicted octanol–water partition coefficient (Wildman–Crippen LogP) is 1.12. The first-order valence-corrected chi connectivity index (χ1v) is 6.57. The zero-order valence-corrected chi connectivity index (χ0v) is 12.1. The lowest BCUT2D eigenvalue weighted by molar-refractivity contribution is -0.127.